The first kappa shape index (κ1) is 7.75. The summed E-state index contributed by atoms with van der Waals surface area (Å²) in [6, 6.07) is 4.47. The minimum absolute atomic E-state index is 0.290. The van der Waals surface area contributed by atoms with Gasteiger partial charge < -0.3 is 11.1 Å². The summed E-state index contributed by atoms with van der Waals surface area (Å²) in [5.74, 6) is 0.871. The second-order valence-electron chi connectivity index (χ2n) is 3.60. The zero-order valence-electron chi connectivity index (χ0n) is 7.59. The third kappa shape index (κ3) is 1.22. The Labute approximate surface area is 80.9 Å². The third-order valence-electron chi connectivity index (χ3n) is 2.43. The molecule has 1 fully saturated rings. The number of nitrogens with zero attached hydrogens (tertiary/aromatic N) is 3. The molecule has 0 aromatic carbocycles. The van der Waals surface area contributed by atoms with Crippen LogP contribution in [0.5, 0.6) is 0 Å². The van der Waals surface area contributed by atoms with E-state index in [2.05, 4.69) is 15.4 Å². The molecule has 2 aromatic rings. The Bertz CT molecular complexity index is 463. The van der Waals surface area contributed by atoms with Gasteiger partial charge in [-0.05, 0) is 12.5 Å². The van der Waals surface area contributed by atoms with Gasteiger partial charge in [0.15, 0.2) is 5.65 Å². The van der Waals surface area contributed by atoms with E-state index >= 15 is 0 Å². The van der Waals surface area contributed by atoms with Crippen LogP contribution < -0.4 is 11.1 Å². The second kappa shape index (κ2) is 2.68. The van der Waals surface area contributed by atoms with E-state index in [9.17, 15) is 0 Å². The molecule has 2 unspecified atom stereocenters. The van der Waals surface area contributed by atoms with Crippen LogP contribution in [0.2, 0.25) is 0 Å². The minimum Gasteiger partial charge on any atom is -0.366 e. The van der Waals surface area contributed by atoms with E-state index in [1.54, 1.807) is 10.7 Å². The van der Waals surface area contributed by atoms with Gasteiger partial charge in [-0.1, -0.05) is 0 Å². The number of fused-ring (bicyclic) bond motifs is 1. The van der Waals surface area contributed by atoms with Crippen LogP contribution in [0.4, 0.5) is 5.82 Å². The van der Waals surface area contributed by atoms with Crippen molar-refractivity contribution >= 4 is 11.5 Å². The molecule has 3 rings (SSSR count). The second-order valence-corrected chi connectivity index (χ2v) is 3.60. The molecule has 1 aliphatic carbocycles. The lowest BCUT2D eigenvalue weighted by molar-refractivity contribution is 0.932. The summed E-state index contributed by atoms with van der Waals surface area (Å²) in [6.45, 7) is 0. The fourth-order valence-corrected chi connectivity index (χ4v) is 1.46. The predicted molar refractivity (Wildman–Crippen MR) is 53.0 cm³/mol. The smallest absolute Gasteiger partial charge is 0.157 e. The fraction of sp³-hybridized carbons (Fsp3) is 0.333. The Balaban J connectivity index is 1.89. The molecule has 5 nitrogen and oxygen atoms in total. The predicted octanol–water partition coefficient (Wildman–Crippen LogP) is 0.241. The summed E-state index contributed by atoms with van der Waals surface area (Å²) in [7, 11) is 0. The molecule has 0 bridgehead atoms. The van der Waals surface area contributed by atoms with Gasteiger partial charge >= 0.3 is 0 Å². The number of nitrogens with two attached hydrogens (primary N) is 1. The number of aromatic nitrogens is 3. The Morgan fingerprint density at radius 3 is 3.14 bits per heavy atom. The molecule has 2 aromatic heterocycles. The van der Waals surface area contributed by atoms with E-state index in [1.807, 2.05) is 18.3 Å². The summed E-state index contributed by atoms with van der Waals surface area (Å²) in [6.07, 6.45) is 4.65. The first-order chi connectivity index (χ1) is 6.83. The highest BCUT2D eigenvalue weighted by Gasteiger charge is 2.33. The van der Waals surface area contributed by atoms with E-state index < -0.39 is 0 Å². The van der Waals surface area contributed by atoms with Crippen molar-refractivity contribution in [1.29, 1.82) is 0 Å². The van der Waals surface area contributed by atoms with Crippen LogP contribution in [0.1, 0.15) is 6.42 Å². The highest BCUT2D eigenvalue weighted by molar-refractivity contribution is 5.47. The molecular weight excluding hydrogens is 178 g/mol. The molecular formula is C9H11N5. The summed E-state index contributed by atoms with van der Waals surface area (Å²) < 4.78 is 1.73. The van der Waals surface area contributed by atoms with E-state index in [0.29, 0.717) is 6.04 Å². The number of hydrogen-bond acceptors (Lipinski definition) is 4. The van der Waals surface area contributed by atoms with Gasteiger partial charge in [0.05, 0.1) is 6.20 Å². The van der Waals surface area contributed by atoms with Crippen molar-refractivity contribution < 1.29 is 0 Å². The van der Waals surface area contributed by atoms with Crippen LogP contribution in [-0.2, 0) is 0 Å². The maximum Gasteiger partial charge on any atom is 0.157 e. The Kier molecular flexibility index (Phi) is 1.49. The fourth-order valence-electron chi connectivity index (χ4n) is 1.46. The standard InChI is InChI=1S/C9H11N5/c10-6-5-7(6)12-8-2-4-14-9(13-8)1-3-11-14/h1-4,6-7H,5,10H2,(H,12,13). The molecule has 2 heterocycles. The van der Waals surface area contributed by atoms with Gasteiger partial charge in [-0.3, -0.25) is 0 Å². The van der Waals surface area contributed by atoms with Crippen molar-refractivity contribution in [2.24, 2.45) is 5.73 Å². The molecule has 0 radical (unpaired) electrons. The average molecular weight is 189 g/mol. The molecule has 0 amide bonds. The van der Waals surface area contributed by atoms with E-state index in [0.717, 1.165) is 17.9 Å². The molecule has 72 valence electrons. The maximum absolute atomic E-state index is 5.70. The van der Waals surface area contributed by atoms with Crippen LogP contribution in [0, 0.1) is 0 Å². The van der Waals surface area contributed by atoms with Crippen molar-refractivity contribution in [2.45, 2.75) is 18.5 Å². The van der Waals surface area contributed by atoms with Gasteiger partial charge in [0.1, 0.15) is 5.82 Å². The largest absolute Gasteiger partial charge is 0.366 e. The van der Waals surface area contributed by atoms with E-state index in [4.69, 9.17) is 5.73 Å². The highest BCUT2D eigenvalue weighted by Crippen LogP contribution is 2.22. The molecule has 0 aliphatic heterocycles. The topological polar surface area (TPSA) is 68.2 Å². The van der Waals surface area contributed by atoms with Gasteiger partial charge in [-0.25, -0.2) is 9.50 Å². The normalized spacial score (nSPS) is 25.2. The van der Waals surface area contributed by atoms with Gasteiger partial charge in [-0.2, -0.15) is 5.10 Å². The monoisotopic (exact) mass is 189 g/mol. The summed E-state index contributed by atoms with van der Waals surface area (Å²) >= 11 is 0. The summed E-state index contributed by atoms with van der Waals surface area (Å²) in [4.78, 5) is 4.38. The van der Waals surface area contributed by atoms with Crippen LogP contribution >= 0.6 is 0 Å². The van der Waals surface area contributed by atoms with Gasteiger partial charge in [0, 0.05) is 24.3 Å². The molecule has 1 aliphatic rings. The van der Waals surface area contributed by atoms with Crippen molar-refractivity contribution in [3.63, 3.8) is 0 Å². The first-order valence-corrected chi connectivity index (χ1v) is 4.65. The lowest BCUT2D eigenvalue weighted by atomic mass is 10.5. The van der Waals surface area contributed by atoms with Crippen molar-refractivity contribution in [3.05, 3.63) is 24.5 Å². The lowest BCUT2D eigenvalue weighted by Crippen LogP contribution is -2.14. The Morgan fingerprint density at radius 1 is 1.50 bits per heavy atom. The summed E-state index contributed by atoms with van der Waals surface area (Å²) in [5, 5.41) is 7.34. The first-order valence-electron chi connectivity index (χ1n) is 4.65. The van der Waals surface area contributed by atoms with Gasteiger partial charge in [0.2, 0.25) is 0 Å². The Hall–Kier alpha value is -1.62. The number of hydrogen-bond donors (Lipinski definition) is 2. The molecule has 2 atom stereocenters. The van der Waals surface area contributed by atoms with Crippen LogP contribution in [0.15, 0.2) is 24.5 Å². The van der Waals surface area contributed by atoms with Crippen LogP contribution in [0.25, 0.3) is 5.65 Å². The number of rotatable bonds is 2. The lowest BCUT2D eigenvalue weighted by Gasteiger charge is -2.03. The highest BCUT2D eigenvalue weighted by atomic mass is 15.2. The van der Waals surface area contributed by atoms with Gasteiger partial charge in [-0.15, -0.1) is 0 Å². The molecule has 14 heavy (non-hydrogen) atoms. The number of nitrogens with one attached hydrogen (secondary N) is 1. The van der Waals surface area contributed by atoms with Crippen LogP contribution in [-0.4, -0.2) is 26.7 Å². The molecule has 3 N–H and O–H groups in total. The minimum atomic E-state index is 0.290. The average Bonchev–Trinajstić information content (AvgIpc) is 2.70. The third-order valence-corrected chi connectivity index (χ3v) is 2.43. The molecule has 5 heteroatoms. The Morgan fingerprint density at radius 2 is 2.36 bits per heavy atom. The zero-order valence-corrected chi connectivity index (χ0v) is 7.59. The molecule has 0 spiro atoms. The van der Waals surface area contributed by atoms with Crippen molar-refractivity contribution in [1.82, 2.24) is 14.6 Å². The van der Waals surface area contributed by atoms with Crippen molar-refractivity contribution in [3.8, 4) is 0 Å². The summed E-state index contributed by atoms with van der Waals surface area (Å²) in [5.41, 5.74) is 6.55. The maximum atomic E-state index is 5.70. The van der Waals surface area contributed by atoms with Gasteiger partial charge in [0.25, 0.3) is 0 Å². The zero-order chi connectivity index (χ0) is 9.54. The SMILES string of the molecule is NC1CC1Nc1ccn2nccc2n1. The molecule has 1 saturated carbocycles. The molecule has 0 saturated heterocycles. The van der Waals surface area contributed by atoms with Crippen LogP contribution in [0.3, 0.4) is 0 Å². The van der Waals surface area contributed by atoms with Crippen molar-refractivity contribution in [2.75, 3.05) is 5.32 Å². The quantitative estimate of drug-likeness (QED) is 0.710. The number of anilines is 1. The van der Waals surface area contributed by atoms with E-state index in [1.165, 1.54) is 0 Å². The van der Waals surface area contributed by atoms with E-state index in [-0.39, 0.29) is 6.04 Å².